The van der Waals surface area contributed by atoms with Crippen molar-refractivity contribution in [1.82, 2.24) is 9.80 Å². The van der Waals surface area contributed by atoms with Crippen LogP contribution in [0.2, 0.25) is 0 Å². The molecule has 11 heteroatoms. The van der Waals surface area contributed by atoms with Crippen molar-refractivity contribution in [1.29, 1.82) is 0 Å². The fourth-order valence-electron chi connectivity index (χ4n) is 1.41. The Hall–Kier alpha value is -1.94. The molecule has 0 saturated carbocycles. The van der Waals surface area contributed by atoms with Crippen molar-refractivity contribution in [2.45, 2.75) is 31.9 Å². The number of esters is 1. The van der Waals surface area contributed by atoms with Crippen LogP contribution in [0.5, 0.6) is 0 Å². The molecule has 0 spiro atoms. The third-order valence-corrected chi connectivity index (χ3v) is 2.90. The molecule has 0 bridgehead atoms. The maximum absolute atomic E-state index is 12.9. The Bertz CT molecular complexity index is 468. The summed E-state index contributed by atoms with van der Waals surface area (Å²) in [4.78, 5) is 35.0. The predicted octanol–water partition coefficient (Wildman–Crippen LogP) is 1.44. The van der Waals surface area contributed by atoms with E-state index in [1.807, 2.05) is 6.92 Å². The Morgan fingerprint density at radius 3 is 1.96 bits per heavy atom. The highest BCUT2D eigenvalue weighted by atomic mass is 19.4. The van der Waals surface area contributed by atoms with E-state index >= 15 is 0 Å². The summed E-state index contributed by atoms with van der Waals surface area (Å²) in [6.07, 6.45) is -4.66. The smallest absolute Gasteiger partial charge is 0.463 e. The number of halogens is 5. The van der Waals surface area contributed by atoms with Gasteiger partial charge in [0.05, 0.1) is 13.2 Å². The number of hydrogen-bond acceptors (Lipinski definition) is 4. The van der Waals surface area contributed by atoms with Crippen LogP contribution in [0.15, 0.2) is 0 Å². The van der Waals surface area contributed by atoms with Gasteiger partial charge in [-0.2, -0.15) is 22.0 Å². The van der Waals surface area contributed by atoms with Crippen LogP contribution in [0.1, 0.15) is 19.8 Å². The fraction of sp³-hybridized carbons (Fsp3) is 0.769. The number of alkyl halides is 5. The molecule has 0 aromatic heterocycles. The summed E-state index contributed by atoms with van der Waals surface area (Å²) in [5.41, 5.74) is 0. The highest BCUT2D eigenvalue weighted by Gasteiger charge is 2.64. The lowest BCUT2D eigenvalue weighted by molar-refractivity contribution is -0.273. The standard InChI is InChI=1S/C13H19F5N2O4/c1-4-5-6-24-10(22)8-19(2)9(21)7-20(3)11(23)12(14,15)13(16,17)18/h4-8H2,1-3H3. The van der Waals surface area contributed by atoms with Gasteiger partial charge in [0, 0.05) is 14.1 Å². The van der Waals surface area contributed by atoms with E-state index in [4.69, 9.17) is 4.74 Å². The molecule has 0 aliphatic rings. The zero-order valence-electron chi connectivity index (χ0n) is 13.5. The topological polar surface area (TPSA) is 66.9 Å². The molecule has 2 amide bonds. The third-order valence-electron chi connectivity index (χ3n) is 2.90. The molecule has 0 rings (SSSR count). The van der Waals surface area contributed by atoms with Gasteiger partial charge in [0.1, 0.15) is 6.54 Å². The van der Waals surface area contributed by atoms with Crippen LogP contribution in [0, 0.1) is 0 Å². The molecule has 0 radical (unpaired) electrons. The highest BCUT2D eigenvalue weighted by Crippen LogP contribution is 2.36. The highest BCUT2D eigenvalue weighted by molar-refractivity contribution is 5.89. The Kier molecular flexibility index (Phi) is 8.07. The van der Waals surface area contributed by atoms with Crippen LogP contribution >= 0.6 is 0 Å². The number of amides is 2. The molecule has 0 heterocycles. The van der Waals surface area contributed by atoms with Crippen molar-refractivity contribution >= 4 is 17.8 Å². The van der Waals surface area contributed by atoms with Crippen molar-refractivity contribution in [3.63, 3.8) is 0 Å². The third kappa shape index (κ3) is 6.28. The molecule has 0 atom stereocenters. The lowest BCUT2D eigenvalue weighted by Gasteiger charge is -2.26. The van der Waals surface area contributed by atoms with Gasteiger partial charge in [-0.05, 0) is 6.42 Å². The van der Waals surface area contributed by atoms with Crippen molar-refractivity contribution in [3.05, 3.63) is 0 Å². The minimum absolute atomic E-state index is 0.0469. The lowest BCUT2D eigenvalue weighted by atomic mass is 10.3. The van der Waals surface area contributed by atoms with Crippen LogP contribution < -0.4 is 0 Å². The van der Waals surface area contributed by atoms with Crippen LogP contribution in [0.4, 0.5) is 22.0 Å². The monoisotopic (exact) mass is 362 g/mol. The Morgan fingerprint density at radius 2 is 1.50 bits per heavy atom. The van der Waals surface area contributed by atoms with E-state index in [-0.39, 0.29) is 11.5 Å². The van der Waals surface area contributed by atoms with Gasteiger partial charge < -0.3 is 14.5 Å². The molecular formula is C13H19F5N2O4. The first-order valence-corrected chi connectivity index (χ1v) is 6.94. The Labute approximate surface area is 135 Å². The zero-order valence-corrected chi connectivity index (χ0v) is 13.5. The summed E-state index contributed by atoms with van der Waals surface area (Å²) in [6.45, 7) is 0.462. The lowest BCUT2D eigenvalue weighted by Crippen LogP contribution is -2.53. The van der Waals surface area contributed by atoms with E-state index in [1.165, 1.54) is 0 Å². The van der Waals surface area contributed by atoms with Crippen LogP contribution in [0.25, 0.3) is 0 Å². The second-order valence-electron chi connectivity index (χ2n) is 5.06. The summed E-state index contributed by atoms with van der Waals surface area (Å²) < 4.78 is 66.9. The molecule has 0 aromatic rings. The first-order valence-electron chi connectivity index (χ1n) is 6.94. The first kappa shape index (κ1) is 22.1. The van der Waals surface area contributed by atoms with E-state index in [2.05, 4.69) is 0 Å². The minimum Gasteiger partial charge on any atom is -0.464 e. The van der Waals surface area contributed by atoms with Gasteiger partial charge in [0.2, 0.25) is 5.91 Å². The van der Waals surface area contributed by atoms with Gasteiger partial charge in [0.15, 0.2) is 0 Å². The van der Waals surface area contributed by atoms with Gasteiger partial charge in [-0.25, -0.2) is 0 Å². The van der Waals surface area contributed by atoms with E-state index in [9.17, 15) is 36.3 Å². The van der Waals surface area contributed by atoms with E-state index in [0.717, 1.165) is 18.4 Å². The molecule has 6 nitrogen and oxygen atoms in total. The molecular weight excluding hydrogens is 343 g/mol. The van der Waals surface area contributed by atoms with Crippen molar-refractivity contribution in [2.75, 3.05) is 33.8 Å². The molecule has 0 saturated heterocycles. The van der Waals surface area contributed by atoms with E-state index in [1.54, 1.807) is 0 Å². The largest absolute Gasteiger partial charge is 0.464 e. The summed E-state index contributed by atoms with van der Waals surface area (Å²) in [5, 5.41) is 0. The second kappa shape index (κ2) is 8.78. The van der Waals surface area contributed by atoms with Crippen molar-refractivity contribution in [3.8, 4) is 0 Å². The predicted molar refractivity (Wildman–Crippen MR) is 72.1 cm³/mol. The zero-order chi connectivity index (χ0) is 19.1. The first-order chi connectivity index (χ1) is 10.8. The van der Waals surface area contributed by atoms with Gasteiger partial charge in [0.25, 0.3) is 0 Å². The van der Waals surface area contributed by atoms with Crippen molar-refractivity contribution < 1.29 is 41.1 Å². The molecule has 140 valence electrons. The second-order valence-corrected chi connectivity index (χ2v) is 5.06. The van der Waals surface area contributed by atoms with Crippen LogP contribution in [-0.4, -0.2) is 73.5 Å². The number of unbranched alkanes of at least 4 members (excludes halogenated alkanes) is 1. The SMILES string of the molecule is CCCCOC(=O)CN(C)C(=O)CN(C)C(=O)C(F)(F)C(F)(F)F. The number of ether oxygens (including phenoxy) is 1. The van der Waals surface area contributed by atoms with Gasteiger partial charge in [-0.15, -0.1) is 0 Å². The molecule has 24 heavy (non-hydrogen) atoms. The van der Waals surface area contributed by atoms with Gasteiger partial charge in [-0.3, -0.25) is 14.4 Å². The number of carbonyl (C=O) groups is 3. The summed E-state index contributed by atoms with van der Waals surface area (Å²) >= 11 is 0. The quantitative estimate of drug-likeness (QED) is 0.372. The summed E-state index contributed by atoms with van der Waals surface area (Å²) in [5.74, 6) is -9.90. The van der Waals surface area contributed by atoms with Gasteiger partial charge in [-0.1, -0.05) is 13.3 Å². The molecule has 0 N–H and O–H groups in total. The molecule has 0 unspecified atom stereocenters. The minimum atomic E-state index is -6.06. The number of likely N-dealkylation sites (N-methyl/N-ethyl adjacent to an activating group) is 2. The van der Waals surface area contributed by atoms with Crippen LogP contribution in [0.3, 0.4) is 0 Å². The molecule has 0 aliphatic heterocycles. The van der Waals surface area contributed by atoms with E-state index < -0.39 is 43.0 Å². The Balaban J connectivity index is 4.59. The van der Waals surface area contributed by atoms with E-state index in [0.29, 0.717) is 13.5 Å². The number of nitrogens with zero attached hydrogens (tertiary/aromatic N) is 2. The van der Waals surface area contributed by atoms with Gasteiger partial charge >= 0.3 is 24.0 Å². The maximum Gasteiger partial charge on any atom is 0.463 e. The molecule has 0 fully saturated rings. The molecule has 0 aliphatic carbocycles. The average Bonchev–Trinajstić information content (AvgIpc) is 2.45. The number of hydrogen-bond donors (Lipinski definition) is 0. The van der Waals surface area contributed by atoms with Crippen LogP contribution in [-0.2, 0) is 19.1 Å². The van der Waals surface area contributed by atoms with Crippen molar-refractivity contribution in [2.24, 2.45) is 0 Å². The maximum atomic E-state index is 12.9. The summed E-state index contributed by atoms with van der Waals surface area (Å²) in [6, 6.07) is 0. The fourth-order valence-corrected chi connectivity index (χ4v) is 1.41. The molecule has 0 aromatic carbocycles. The average molecular weight is 362 g/mol. The Morgan fingerprint density at radius 1 is 0.958 bits per heavy atom. The number of carbonyl (C=O) groups excluding carboxylic acids is 3. The number of rotatable bonds is 8. The summed E-state index contributed by atoms with van der Waals surface area (Å²) in [7, 11) is 1.76. The normalized spacial score (nSPS) is 11.8.